The van der Waals surface area contributed by atoms with Crippen molar-refractivity contribution in [3.63, 3.8) is 0 Å². The first-order chi connectivity index (χ1) is 8.84. The number of carboxylic acid groups (broad SMARTS) is 1. The molecule has 0 saturated carbocycles. The zero-order chi connectivity index (χ0) is 14.8. The van der Waals surface area contributed by atoms with E-state index >= 15 is 0 Å². The standard InChI is InChI=1S/C11H22N4O4.Na.H/c12-7(4-5-9(14)16)10(17)15-6-2-1-3-8(13)11(18)19;;/h7-8H,1-6,12-13H2,(H2,14,16)(H,15,17)(H,18,19);;/t7?,8-;;/m0../s1. The van der Waals surface area contributed by atoms with Gasteiger partial charge in [0.15, 0.2) is 0 Å². The molecule has 2 amide bonds. The van der Waals surface area contributed by atoms with E-state index in [0.29, 0.717) is 25.8 Å². The van der Waals surface area contributed by atoms with E-state index in [1.165, 1.54) is 0 Å². The van der Waals surface area contributed by atoms with Crippen LogP contribution >= 0.6 is 0 Å². The second-order valence-electron chi connectivity index (χ2n) is 4.34. The SMILES string of the molecule is NC(=O)CCC(N)C(=O)NCCCC[C@H](N)C(=O)O.[NaH]. The summed E-state index contributed by atoms with van der Waals surface area (Å²) in [6.45, 7) is 0.398. The number of carbonyl (C=O) groups excluding carboxylic acids is 2. The Morgan fingerprint density at radius 3 is 2.15 bits per heavy atom. The Labute approximate surface area is 140 Å². The van der Waals surface area contributed by atoms with Gasteiger partial charge in [0.25, 0.3) is 0 Å². The average Bonchev–Trinajstić information content (AvgIpc) is 2.34. The number of unbranched alkanes of at least 4 members (excludes halogenated alkanes) is 1. The van der Waals surface area contributed by atoms with Gasteiger partial charge >= 0.3 is 35.5 Å². The predicted molar refractivity (Wildman–Crippen MR) is 76.0 cm³/mol. The fourth-order valence-electron chi connectivity index (χ4n) is 1.38. The van der Waals surface area contributed by atoms with Crippen molar-refractivity contribution < 1.29 is 19.5 Å². The Morgan fingerprint density at radius 1 is 1.05 bits per heavy atom. The van der Waals surface area contributed by atoms with Crippen LogP contribution in [0.15, 0.2) is 0 Å². The molecule has 0 spiro atoms. The normalized spacial score (nSPS) is 12.9. The van der Waals surface area contributed by atoms with Crippen molar-refractivity contribution in [3.8, 4) is 0 Å². The van der Waals surface area contributed by atoms with Gasteiger partial charge < -0.3 is 27.6 Å². The Hall–Kier alpha value is -0.670. The number of carboxylic acids is 1. The molecule has 0 aliphatic rings. The van der Waals surface area contributed by atoms with Gasteiger partial charge in [-0.05, 0) is 25.7 Å². The third kappa shape index (κ3) is 11.2. The number of hydrogen-bond donors (Lipinski definition) is 5. The van der Waals surface area contributed by atoms with Crippen molar-refractivity contribution in [1.29, 1.82) is 0 Å². The molecule has 8 N–H and O–H groups in total. The fraction of sp³-hybridized carbons (Fsp3) is 0.727. The fourth-order valence-corrected chi connectivity index (χ4v) is 1.38. The quantitative estimate of drug-likeness (QED) is 0.223. The topological polar surface area (TPSA) is 162 Å². The first kappa shape index (κ1) is 21.6. The van der Waals surface area contributed by atoms with Crippen molar-refractivity contribution >= 4 is 47.3 Å². The van der Waals surface area contributed by atoms with Gasteiger partial charge in [0, 0.05) is 13.0 Å². The first-order valence-electron chi connectivity index (χ1n) is 6.14. The van der Waals surface area contributed by atoms with Gasteiger partial charge in [0.05, 0.1) is 6.04 Å². The number of nitrogens with one attached hydrogen (secondary N) is 1. The van der Waals surface area contributed by atoms with Crippen LogP contribution in [0.5, 0.6) is 0 Å². The van der Waals surface area contributed by atoms with Crippen LogP contribution in [0.4, 0.5) is 0 Å². The van der Waals surface area contributed by atoms with Crippen LogP contribution in [0.1, 0.15) is 32.1 Å². The van der Waals surface area contributed by atoms with Crippen molar-refractivity contribution in [3.05, 3.63) is 0 Å². The molecule has 0 bridgehead atoms. The van der Waals surface area contributed by atoms with Crippen LogP contribution in [0, 0.1) is 0 Å². The van der Waals surface area contributed by atoms with E-state index in [9.17, 15) is 14.4 Å². The predicted octanol–water partition coefficient (Wildman–Crippen LogP) is -2.37. The Morgan fingerprint density at radius 2 is 1.65 bits per heavy atom. The minimum absolute atomic E-state index is 0. The second-order valence-corrected chi connectivity index (χ2v) is 4.34. The molecule has 0 aromatic rings. The van der Waals surface area contributed by atoms with Gasteiger partial charge in [-0.15, -0.1) is 0 Å². The summed E-state index contributed by atoms with van der Waals surface area (Å²) in [6.07, 6.45) is 1.87. The summed E-state index contributed by atoms with van der Waals surface area (Å²) in [6, 6.07) is -1.62. The number of rotatable bonds is 10. The second kappa shape index (κ2) is 12.1. The third-order valence-electron chi connectivity index (χ3n) is 2.60. The van der Waals surface area contributed by atoms with Crippen LogP contribution in [-0.2, 0) is 14.4 Å². The molecule has 0 heterocycles. The molecule has 0 fully saturated rings. The van der Waals surface area contributed by atoms with Crippen LogP contribution < -0.4 is 22.5 Å². The molecule has 0 saturated heterocycles. The number of carbonyl (C=O) groups is 3. The number of amides is 2. The summed E-state index contributed by atoms with van der Waals surface area (Å²) >= 11 is 0. The van der Waals surface area contributed by atoms with Crippen molar-refractivity contribution in [2.75, 3.05) is 6.54 Å². The summed E-state index contributed by atoms with van der Waals surface area (Å²) in [5, 5.41) is 11.2. The van der Waals surface area contributed by atoms with Gasteiger partial charge in [-0.3, -0.25) is 14.4 Å². The average molecular weight is 298 g/mol. The van der Waals surface area contributed by atoms with E-state index in [2.05, 4.69) is 5.32 Å². The Kier molecular flexibility index (Phi) is 13.1. The van der Waals surface area contributed by atoms with E-state index < -0.39 is 24.0 Å². The Bertz CT molecular complexity index is 328. The molecule has 0 rings (SSSR count). The summed E-state index contributed by atoms with van der Waals surface area (Å²) in [5.74, 6) is -1.87. The van der Waals surface area contributed by atoms with Crippen LogP contribution in [-0.4, -0.2) is 71.1 Å². The van der Waals surface area contributed by atoms with Gasteiger partial charge in [0.2, 0.25) is 11.8 Å². The molecule has 0 aromatic heterocycles. The molecular weight excluding hydrogens is 275 g/mol. The first-order valence-corrected chi connectivity index (χ1v) is 6.14. The van der Waals surface area contributed by atoms with Gasteiger partial charge in [0.1, 0.15) is 6.04 Å². The molecule has 0 aliphatic carbocycles. The summed E-state index contributed by atoms with van der Waals surface area (Å²) in [4.78, 5) is 32.4. The third-order valence-corrected chi connectivity index (χ3v) is 2.60. The van der Waals surface area contributed by atoms with E-state index in [4.69, 9.17) is 22.3 Å². The van der Waals surface area contributed by atoms with E-state index in [-0.39, 0.29) is 48.3 Å². The molecule has 9 heteroatoms. The molecule has 112 valence electrons. The molecule has 0 aliphatic heterocycles. The van der Waals surface area contributed by atoms with Gasteiger partial charge in [-0.2, -0.15) is 0 Å². The zero-order valence-electron chi connectivity index (χ0n) is 10.8. The van der Waals surface area contributed by atoms with E-state index in [0.717, 1.165) is 0 Å². The summed E-state index contributed by atoms with van der Waals surface area (Å²) < 4.78 is 0. The van der Waals surface area contributed by atoms with Crippen molar-refractivity contribution in [1.82, 2.24) is 5.32 Å². The van der Waals surface area contributed by atoms with Crippen LogP contribution in [0.3, 0.4) is 0 Å². The molecular formula is C11H23N4NaO4. The number of primary amides is 1. The summed E-state index contributed by atoms with van der Waals surface area (Å²) in [7, 11) is 0. The van der Waals surface area contributed by atoms with Gasteiger partial charge in [-0.25, -0.2) is 0 Å². The minimum atomic E-state index is -1.03. The molecule has 8 nitrogen and oxygen atoms in total. The molecule has 1 unspecified atom stereocenters. The van der Waals surface area contributed by atoms with E-state index in [1.54, 1.807) is 0 Å². The molecule has 0 aromatic carbocycles. The molecule has 20 heavy (non-hydrogen) atoms. The number of aliphatic carboxylic acids is 1. The monoisotopic (exact) mass is 298 g/mol. The molecule has 0 radical (unpaired) electrons. The summed E-state index contributed by atoms with van der Waals surface area (Å²) in [5.41, 5.74) is 15.8. The maximum atomic E-state index is 11.5. The Balaban J connectivity index is 0. The van der Waals surface area contributed by atoms with Crippen LogP contribution in [0.2, 0.25) is 0 Å². The number of nitrogens with two attached hydrogens (primary N) is 3. The zero-order valence-corrected chi connectivity index (χ0v) is 10.8. The van der Waals surface area contributed by atoms with Crippen molar-refractivity contribution in [2.24, 2.45) is 17.2 Å². The van der Waals surface area contributed by atoms with Gasteiger partial charge in [-0.1, -0.05) is 0 Å². The number of hydrogen-bond acceptors (Lipinski definition) is 5. The maximum absolute atomic E-state index is 11.5. The van der Waals surface area contributed by atoms with Crippen molar-refractivity contribution in [2.45, 2.75) is 44.2 Å². The molecule has 2 atom stereocenters. The van der Waals surface area contributed by atoms with Crippen LogP contribution in [0.25, 0.3) is 0 Å². The van der Waals surface area contributed by atoms with E-state index in [1.807, 2.05) is 0 Å².